The SMILES string of the molecule is CC(CO)C(c1ccc(Cl)cc1)N(C)C. The van der Waals surface area contributed by atoms with E-state index in [1.54, 1.807) is 0 Å². The van der Waals surface area contributed by atoms with Crippen LogP contribution in [-0.2, 0) is 0 Å². The molecule has 1 aromatic carbocycles. The molecule has 1 rings (SSSR count). The summed E-state index contributed by atoms with van der Waals surface area (Å²) in [5, 5.41) is 9.96. The molecule has 2 atom stereocenters. The first-order chi connectivity index (χ1) is 7.06. The van der Waals surface area contributed by atoms with E-state index in [1.807, 2.05) is 45.3 Å². The summed E-state index contributed by atoms with van der Waals surface area (Å²) in [4.78, 5) is 2.12. The second-order valence-corrected chi connectivity index (χ2v) is 4.56. The first kappa shape index (κ1) is 12.5. The fourth-order valence-electron chi connectivity index (χ4n) is 1.90. The Morgan fingerprint density at radius 3 is 2.20 bits per heavy atom. The molecular formula is C12H18ClNO. The average molecular weight is 228 g/mol. The highest BCUT2D eigenvalue weighted by molar-refractivity contribution is 6.30. The van der Waals surface area contributed by atoms with Gasteiger partial charge in [0, 0.05) is 17.7 Å². The highest BCUT2D eigenvalue weighted by Crippen LogP contribution is 2.27. The second-order valence-electron chi connectivity index (χ2n) is 4.12. The van der Waals surface area contributed by atoms with E-state index >= 15 is 0 Å². The van der Waals surface area contributed by atoms with Crippen LogP contribution >= 0.6 is 11.6 Å². The van der Waals surface area contributed by atoms with Crippen molar-refractivity contribution in [2.24, 2.45) is 5.92 Å². The number of halogens is 1. The summed E-state index contributed by atoms with van der Waals surface area (Å²) >= 11 is 5.85. The molecule has 1 aromatic rings. The van der Waals surface area contributed by atoms with E-state index < -0.39 is 0 Å². The molecule has 0 fully saturated rings. The second kappa shape index (κ2) is 5.50. The fraction of sp³-hybridized carbons (Fsp3) is 0.500. The number of benzene rings is 1. The standard InChI is InChI=1S/C12H18ClNO/c1-9(8-15)12(14(2)3)10-4-6-11(13)7-5-10/h4-7,9,12,15H,8H2,1-3H3. The molecule has 0 heterocycles. The van der Waals surface area contributed by atoms with Crippen molar-refractivity contribution in [3.8, 4) is 0 Å². The van der Waals surface area contributed by atoms with Crippen LogP contribution in [0.15, 0.2) is 24.3 Å². The third-order valence-electron chi connectivity index (χ3n) is 2.59. The Morgan fingerprint density at radius 2 is 1.80 bits per heavy atom. The molecule has 0 aliphatic heterocycles. The molecule has 2 unspecified atom stereocenters. The largest absolute Gasteiger partial charge is 0.396 e. The minimum absolute atomic E-state index is 0.186. The highest BCUT2D eigenvalue weighted by atomic mass is 35.5. The zero-order valence-corrected chi connectivity index (χ0v) is 10.2. The lowest BCUT2D eigenvalue weighted by molar-refractivity contribution is 0.146. The van der Waals surface area contributed by atoms with Gasteiger partial charge < -0.3 is 10.0 Å². The fourth-order valence-corrected chi connectivity index (χ4v) is 2.02. The predicted molar refractivity (Wildman–Crippen MR) is 64.1 cm³/mol. The molecule has 2 nitrogen and oxygen atoms in total. The number of aliphatic hydroxyl groups excluding tert-OH is 1. The Bertz CT molecular complexity index is 297. The van der Waals surface area contributed by atoms with Crippen molar-refractivity contribution in [2.75, 3.05) is 20.7 Å². The molecule has 0 radical (unpaired) electrons. The molecule has 0 spiro atoms. The lowest BCUT2D eigenvalue weighted by Crippen LogP contribution is -2.27. The zero-order valence-electron chi connectivity index (χ0n) is 9.44. The van der Waals surface area contributed by atoms with E-state index in [2.05, 4.69) is 4.90 Å². The highest BCUT2D eigenvalue weighted by Gasteiger charge is 2.20. The van der Waals surface area contributed by atoms with Crippen molar-refractivity contribution < 1.29 is 5.11 Å². The molecule has 3 heteroatoms. The molecule has 15 heavy (non-hydrogen) atoms. The Hall–Kier alpha value is -0.570. The van der Waals surface area contributed by atoms with Gasteiger partial charge in [0.05, 0.1) is 0 Å². The van der Waals surface area contributed by atoms with Crippen LogP contribution < -0.4 is 0 Å². The normalized spacial score (nSPS) is 15.3. The quantitative estimate of drug-likeness (QED) is 0.855. The molecule has 0 aliphatic carbocycles. The summed E-state index contributed by atoms with van der Waals surface area (Å²) in [6.07, 6.45) is 0. The summed E-state index contributed by atoms with van der Waals surface area (Å²) in [5.74, 6) is 0.209. The summed E-state index contributed by atoms with van der Waals surface area (Å²) in [7, 11) is 4.04. The number of nitrogens with zero attached hydrogens (tertiary/aromatic N) is 1. The van der Waals surface area contributed by atoms with Crippen molar-refractivity contribution in [1.29, 1.82) is 0 Å². The van der Waals surface area contributed by atoms with Gasteiger partial charge in [0.15, 0.2) is 0 Å². The van der Waals surface area contributed by atoms with E-state index in [1.165, 1.54) is 5.56 Å². The average Bonchev–Trinajstić information content (AvgIpc) is 2.20. The Kier molecular flexibility index (Phi) is 4.58. The van der Waals surface area contributed by atoms with E-state index in [-0.39, 0.29) is 18.6 Å². The first-order valence-electron chi connectivity index (χ1n) is 5.09. The molecule has 0 bridgehead atoms. The van der Waals surface area contributed by atoms with Crippen molar-refractivity contribution >= 4 is 11.6 Å². The topological polar surface area (TPSA) is 23.5 Å². The van der Waals surface area contributed by atoms with Gasteiger partial charge in [-0.2, -0.15) is 0 Å². The lowest BCUT2D eigenvalue weighted by Gasteiger charge is -2.29. The van der Waals surface area contributed by atoms with Gasteiger partial charge in [-0.15, -0.1) is 0 Å². The van der Waals surface area contributed by atoms with Gasteiger partial charge >= 0.3 is 0 Å². The van der Waals surface area contributed by atoms with Crippen LogP contribution in [0.25, 0.3) is 0 Å². The van der Waals surface area contributed by atoms with E-state index in [4.69, 9.17) is 11.6 Å². The molecule has 0 aromatic heterocycles. The van der Waals surface area contributed by atoms with Gasteiger partial charge in [-0.05, 0) is 37.7 Å². The van der Waals surface area contributed by atoms with Gasteiger partial charge in [-0.25, -0.2) is 0 Å². The number of aliphatic hydroxyl groups is 1. The van der Waals surface area contributed by atoms with Gasteiger partial charge in [0.25, 0.3) is 0 Å². The van der Waals surface area contributed by atoms with Gasteiger partial charge in [0.1, 0.15) is 0 Å². The Labute approximate surface area is 96.5 Å². The molecule has 0 amide bonds. The van der Waals surface area contributed by atoms with Crippen LogP contribution in [0.3, 0.4) is 0 Å². The molecular weight excluding hydrogens is 210 g/mol. The minimum Gasteiger partial charge on any atom is -0.396 e. The van der Waals surface area contributed by atoms with Crippen LogP contribution in [0.5, 0.6) is 0 Å². The Morgan fingerprint density at radius 1 is 1.27 bits per heavy atom. The molecule has 84 valence electrons. The summed E-state index contributed by atoms with van der Waals surface area (Å²) < 4.78 is 0. The monoisotopic (exact) mass is 227 g/mol. The molecule has 0 saturated carbocycles. The Balaban J connectivity index is 2.94. The van der Waals surface area contributed by atoms with Gasteiger partial charge in [-0.3, -0.25) is 0 Å². The number of hydrogen-bond acceptors (Lipinski definition) is 2. The van der Waals surface area contributed by atoms with E-state index in [9.17, 15) is 5.11 Å². The minimum atomic E-state index is 0.186. The van der Waals surface area contributed by atoms with Crippen LogP contribution in [0, 0.1) is 5.92 Å². The van der Waals surface area contributed by atoms with Gasteiger partial charge in [-0.1, -0.05) is 30.7 Å². The number of rotatable bonds is 4. The van der Waals surface area contributed by atoms with Crippen molar-refractivity contribution in [2.45, 2.75) is 13.0 Å². The third kappa shape index (κ3) is 3.20. The maximum atomic E-state index is 9.22. The van der Waals surface area contributed by atoms with Crippen molar-refractivity contribution in [3.05, 3.63) is 34.9 Å². The maximum absolute atomic E-state index is 9.22. The first-order valence-corrected chi connectivity index (χ1v) is 5.46. The molecule has 0 saturated heterocycles. The zero-order chi connectivity index (χ0) is 11.4. The van der Waals surface area contributed by atoms with Crippen molar-refractivity contribution in [3.63, 3.8) is 0 Å². The smallest absolute Gasteiger partial charge is 0.0474 e. The summed E-state index contributed by atoms with van der Waals surface area (Å²) in [6.45, 7) is 2.23. The van der Waals surface area contributed by atoms with Crippen molar-refractivity contribution in [1.82, 2.24) is 4.90 Å². The van der Waals surface area contributed by atoms with Gasteiger partial charge in [0.2, 0.25) is 0 Å². The van der Waals surface area contributed by atoms with Crippen LogP contribution in [0.1, 0.15) is 18.5 Å². The van der Waals surface area contributed by atoms with E-state index in [0.717, 1.165) is 5.02 Å². The van der Waals surface area contributed by atoms with E-state index in [0.29, 0.717) is 0 Å². The predicted octanol–water partition coefficient (Wildman–Crippen LogP) is 2.57. The molecule has 0 aliphatic rings. The number of hydrogen-bond donors (Lipinski definition) is 1. The van der Waals surface area contributed by atoms with Crippen LogP contribution in [-0.4, -0.2) is 30.7 Å². The lowest BCUT2D eigenvalue weighted by atomic mass is 9.94. The van der Waals surface area contributed by atoms with Crippen LogP contribution in [0.4, 0.5) is 0 Å². The summed E-state index contributed by atoms with van der Waals surface area (Å²) in [5.41, 5.74) is 1.19. The van der Waals surface area contributed by atoms with Crippen LogP contribution in [0.2, 0.25) is 5.02 Å². The summed E-state index contributed by atoms with van der Waals surface area (Å²) in [6, 6.07) is 8.03. The third-order valence-corrected chi connectivity index (χ3v) is 2.85. The molecule has 1 N–H and O–H groups in total. The maximum Gasteiger partial charge on any atom is 0.0474 e.